The van der Waals surface area contributed by atoms with Crippen molar-refractivity contribution in [3.05, 3.63) is 200 Å². The minimum absolute atomic E-state index is 1.12. The summed E-state index contributed by atoms with van der Waals surface area (Å²) in [4.78, 5) is 2.48. The summed E-state index contributed by atoms with van der Waals surface area (Å²) in [6.07, 6.45) is 0. The van der Waals surface area contributed by atoms with Crippen molar-refractivity contribution in [1.82, 2.24) is 0 Å². The Morgan fingerprint density at radius 2 is 0.909 bits per heavy atom. The van der Waals surface area contributed by atoms with Crippen molar-refractivity contribution in [3.63, 3.8) is 0 Å². The molecule has 0 unspecified atom stereocenters. The molecule has 0 aliphatic heterocycles. The topological polar surface area (TPSA) is 3.24 Å². The Bertz CT molecular complexity index is 3190. The van der Waals surface area contributed by atoms with Gasteiger partial charge in [-0.15, -0.1) is 22.7 Å². The lowest BCUT2D eigenvalue weighted by Crippen LogP contribution is -2.10. The van der Waals surface area contributed by atoms with Gasteiger partial charge < -0.3 is 4.90 Å². The Kier molecular flexibility index (Phi) is 7.61. The largest absolute Gasteiger partial charge is 0.310 e. The monoisotopic (exact) mass is 735 g/mol. The van der Waals surface area contributed by atoms with Gasteiger partial charge in [0.25, 0.3) is 0 Å². The summed E-state index contributed by atoms with van der Waals surface area (Å²) in [7, 11) is 0. The molecule has 2 aromatic heterocycles. The van der Waals surface area contributed by atoms with Crippen LogP contribution in [0.2, 0.25) is 0 Å². The second kappa shape index (κ2) is 13.1. The van der Waals surface area contributed by atoms with Crippen LogP contribution < -0.4 is 4.90 Å². The number of benzene rings is 9. The summed E-state index contributed by atoms with van der Waals surface area (Å²) in [5, 5.41) is 7.67. The third-order valence-electron chi connectivity index (χ3n) is 10.9. The Morgan fingerprint density at radius 3 is 1.71 bits per heavy atom. The zero-order chi connectivity index (χ0) is 36.3. The number of hydrogen-bond donors (Lipinski definition) is 0. The molecule has 11 aromatic rings. The van der Waals surface area contributed by atoms with E-state index in [-0.39, 0.29) is 0 Å². The highest BCUT2D eigenvalue weighted by Gasteiger charge is 2.22. The number of fused-ring (bicyclic) bond motifs is 7. The highest BCUT2D eigenvalue weighted by molar-refractivity contribution is 7.26. The van der Waals surface area contributed by atoms with Gasteiger partial charge in [0.2, 0.25) is 0 Å². The number of anilines is 3. The molecule has 0 N–H and O–H groups in total. The zero-order valence-electron chi connectivity index (χ0n) is 29.8. The van der Waals surface area contributed by atoms with Gasteiger partial charge in [-0.05, 0) is 80.6 Å². The van der Waals surface area contributed by atoms with Crippen LogP contribution >= 0.6 is 22.7 Å². The predicted molar refractivity (Wildman–Crippen MR) is 241 cm³/mol. The average Bonchev–Trinajstić information content (AvgIpc) is 3.83. The fourth-order valence-corrected chi connectivity index (χ4v) is 10.8. The van der Waals surface area contributed by atoms with E-state index in [1.165, 1.54) is 90.2 Å². The summed E-state index contributed by atoms with van der Waals surface area (Å²) >= 11 is 3.78. The normalized spacial score (nSPS) is 11.6. The standard InChI is InChI=1S/C52H33NS2/c1-3-13-35(14-4-1)42-22-12-23-45-44-30-29-39(33-49(44)55-51(42)45)53(38-27-25-37(26-28-38)41-21-11-18-34-17-7-8-19-40(34)41)47-32-31-43(36-15-5-2-6-16-36)52-50(47)46-20-9-10-24-48(46)54-52/h1-33H. The van der Waals surface area contributed by atoms with Crippen LogP contribution in [0.5, 0.6) is 0 Å². The van der Waals surface area contributed by atoms with Gasteiger partial charge in [0.05, 0.1) is 5.69 Å². The molecular weight excluding hydrogens is 703 g/mol. The molecule has 0 fully saturated rings. The second-order valence-electron chi connectivity index (χ2n) is 14.0. The summed E-state index contributed by atoms with van der Waals surface area (Å²) in [6.45, 7) is 0. The summed E-state index contributed by atoms with van der Waals surface area (Å²) in [5.41, 5.74) is 10.9. The van der Waals surface area contributed by atoms with Crippen molar-refractivity contribution in [1.29, 1.82) is 0 Å². The van der Waals surface area contributed by atoms with E-state index in [1.807, 2.05) is 22.7 Å². The van der Waals surface area contributed by atoms with Crippen molar-refractivity contribution in [2.24, 2.45) is 0 Å². The van der Waals surface area contributed by atoms with Crippen molar-refractivity contribution in [2.75, 3.05) is 4.90 Å². The molecule has 0 amide bonds. The quantitative estimate of drug-likeness (QED) is 0.164. The molecule has 0 atom stereocenters. The van der Waals surface area contributed by atoms with Gasteiger partial charge in [-0.3, -0.25) is 0 Å². The number of nitrogens with zero attached hydrogens (tertiary/aromatic N) is 1. The fraction of sp³-hybridized carbons (Fsp3) is 0. The van der Waals surface area contributed by atoms with E-state index >= 15 is 0 Å². The smallest absolute Gasteiger partial charge is 0.0555 e. The molecule has 0 spiro atoms. The Morgan fingerprint density at radius 1 is 0.327 bits per heavy atom. The summed E-state index contributed by atoms with van der Waals surface area (Å²) in [6, 6.07) is 73.3. The summed E-state index contributed by atoms with van der Waals surface area (Å²) in [5.74, 6) is 0. The first-order valence-corrected chi connectivity index (χ1v) is 20.3. The molecule has 9 aromatic carbocycles. The lowest BCUT2D eigenvalue weighted by molar-refractivity contribution is 1.31. The van der Waals surface area contributed by atoms with E-state index in [4.69, 9.17) is 0 Å². The third-order valence-corrected chi connectivity index (χ3v) is 13.3. The Balaban J connectivity index is 1.14. The fourth-order valence-electron chi connectivity index (χ4n) is 8.31. The number of thiophene rings is 2. The van der Waals surface area contributed by atoms with E-state index < -0.39 is 0 Å². The van der Waals surface area contributed by atoms with E-state index in [9.17, 15) is 0 Å². The van der Waals surface area contributed by atoms with Crippen molar-refractivity contribution in [2.45, 2.75) is 0 Å². The minimum atomic E-state index is 1.12. The average molecular weight is 736 g/mol. The SMILES string of the molecule is c1ccc(-c2cccc3c2sc2cc(N(c4ccc(-c5cccc6ccccc56)cc4)c4ccc(-c5ccccc5)c5sc6ccccc6c45)ccc23)cc1. The highest BCUT2D eigenvalue weighted by Crippen LogP contribution is 2.50. The van der Waals surface area contributed by atoms with Crippen LogP contribution in [0.15, 0.2) is 200 Å². The van der Waals surface area contributed by atoms with Gasteiger partial charge in [-0.25, -0.2) is 0 Å². The first kappa shape index (κ1) is 32.0. The van der Waals surface area contributed by atoms with Gasteiger partial charge in [0.1, 0.15) is 0 Å². The van der Waals surface area contributed by atoms with Crippen LogP contribution in [0.3, 0.4) is 0 Å². The van der Waals surface area contributed by atoms with E-state index in [0.717, 1.165) is 11.4 Å². The minimum Gasteiger partial charge on any atom is -0.310 e. The van der Waals surface area contributed by atoms with Crippen LogP contribution in [-0.4, -0.2) is 0 Å². The van der Waals surface area contributed by atoms with Gasteiger partial charge in [0.15, 0.2) is 0 Å². The van der Waals surface area contributed by atoms with Gasteiger partial charge in [-0.1, -0.05) is 164 Å². The summed E-state index contributed by atoms with van der Waals surface area (Å²) < 4.78 is 5.20. The van der Waals surface area contributed by atoms with Gasteiger partial charge in [-0.2, -0.15) is 0 Å². The first-order chi connectivity index (χ1) is 27.3. The van der Waals surface area contributed by atoms with Gasteiger partial charge >= 0.3 is 0 Å². The molecule has 0 aliphatic carbocycles. The Hall–Kier alpha value is -6.52. The van der Waals surface area contributed by atoms with Crippen molar-refractivity contribution < 1.29 is 0 Å². The molecule has 55 heavy (non-hydrogen) atoms. The first-order valence-electron chi connectivity index (χ1n) is 18.7. The van der Waals surface area contributed by atoms with E-state index in [2.05, 4.69) is 205 Å². The molecule has 11 rings (SSSR count). The maximum Gasteiger partial charge on any atom is 0.0555 e. The molecule has 0 aliphatic rings. The maximum atomic E-state index is 2.48. The molecule has 0 radical (unpaired) electrons. The molecule has 258 valence electrons. The molecule has 0 saturated carbocycles. The molecule has 0 saturated heterocycles. The van der Waals surface area contributed by atoms with Crippen LogP contribution in [-0.2, 0) is 0 Å². The third kappa shape index (κ3) is 5.35. The lowest BCUT2D eigenvalue weighted by atomic mass is 9.97. The lowest BCUT2D eigenvalue weighted by Gasteiger charge is -2.27. The van der Waals surface area contributed by atoms with Crippen LogP contribution in [0.1, 0.15) is 0 Å². The van der Waals surface area contributed by atoms with Gasteiger partial charge in [0, 0.05) is 51.7 Å². The highest BCUT2D eigenvalue weighted by atomic mass is 32.1. The van der Waals surface area contributed by atoms with Crippen LogP contribution in [0.4, 0.5) is 17.1 Å². The molecule has 3 heteroatoms. The van der Waals surface area contributed by atoms with Crippen LogP contribution in [0.25, 0.3) is 84.5 Å². The zero-order valence-corrected chi connectivity index (χ0v) is 31.4. The second-order valence-corrected chi connectivity index (χ2v) is 16.1. The Labute approximate surface area is 327 Å². The molecule has 2 heterocycles. The maximum absolute atomic E-state index is 2.48. The molecule has 1 nitrogen and oxygen atoms in total. The van der Waals surface area contributed by atoms with E-state index in [1.54, 1.807) is 0 Å². The van der Waals surface area contributed by atoms with Crippen LogP contribution in [0, 0.1) is 0 Å². The number of hydrogen-bond acceptors (Lipinski definition) is 3. The molecular formula is C52H33NS2. The van der Waals surface area contributed by atoms with E-state index in [0.29, 0.717) is 0 Å². The van der Waals surface area contributed by atoms with Crippen molar-refractivity contribution in [3.8, 4) is 33.4 Å². The number of rotatable bonds is 6. The predicted octanol–water partition coefficient (Wildman–Crippen LogP) is 16.0. The molecule has 0 bridgehead atoms. The van der Waals surface area contributed by atoms with Crippen molar-refractivity contribution >= 4 is 90.9 Å².